The zero-order valence-corrected chi connectivity index (χ0v) is 10.4. The van der Waals surface area contributed by atoms with Crippen LogP contribution in [0.2, 0.25) is 0 Å². The van der Waals surface area contributed by atoms with Gasteiger partial charge in [0.15, 0.2) is 0 Å². The summed E-state index contributed by atoms with van der Waals surface area (Å²) in [5.74, 6) is 2.20. The molecule has 0 bridgehead atoms. The van der Waals surface area contributed by atoms with E-state index in [1.165, 1.54) is 17.4 Å². The number of carbonyl (C=O) groups excluding carboxylic acids is 1. The van der Waals surface area contributed by atoms with Gasteiger partial charge in [-0.05, 0) is 39.0 Å². The molecule has 1 aromatic heterocycles. The molecule has 0 radical (unpaired) electrons. The summed E-state index contributed by atoms with van der Waals surface area (Å²) in [6.45, 7) is 5.50. The van der Waals surface area contributed by atoms with Gasteiger partial charge in [-0.2, -0.15) is 0 Å². The predicted molar refractivity (Wildman–Crippen MR) is 67.1 cm³/mol. The van der Waals surface area contributed by atoms with Crippen molar-refractivity contribution in [1.82, 2.24) is 0 Å². The van der Waals surface area contributed by atoms with Crippen LogP contribution >= 0.6 is 11.3 Å². The van der Waals surface area contributed by atoms with Gasteiger partial charge in [0.25, 0.3) is 0 Å². The number of ether oxygens (including phenoxy) is 1. The maximum atomic E-state index is 11.4. The van der Waals surface area contributed by atoms with E-state index in [2.05, 4.69) is 5.92 Å². The molecule has 0 aliphatic heterocycles. The van der Waals surface area contributed by atoms with Crippen molar-refractivity contribution in [2.24, 2.45) is 0 Å². The Morgan fingerprint density at radius 2 is 2.19 bits per heavy atom. The first-order valence-corrected chi connectivity index (χ1v) is 5.70. The van der Waals surface area contributed by atoms with E-state index in [1.54, 1.807) is 6.08 Å². The van der Waals surface area contributed by atoms with Crippen LogP contribution in [0, 0.1) is 12.3 Å². The number of rotatable bonds is 2. The van der Waals surface area contributed by atoms with Gasteiger partial charge in [0.1, 0.15) is 5.60 Å². The highest BCUT2D eigenvalue weighted by Crippen LogP contribution is 2.17. The fourth-order valence-corrected chi connectivity index (χ4v) is 1.73. The zero-order chi connectivity index (χ0) is 12.2. The standard InChI is InChI=1S/C13H14O2S/c1-5-10-6-7-11(16-10)8-9-12(14)15-13(2,3)4/h1,6-9H,2-4H3/b9-8+. The van der Waals surface area contributed by atoms with E-state index in [0.29, 0.717) is 0 Å². The average Bonchev–Trinajstić information content (AvgIpc) is 2.59. The van der Waals surface area contributed by atoms with Gasteiger partial charge in [0.2, 0.25) is 0 Å². The van der Waals surface area contributed by atoms with Crippen molar-refractivity contribution in [2.45, 2.75) is 26.4 Å². The first-order valence-electron chi connectivity index (χ1n) is 4.88. The normalized spacial score (nSPS) is 11.4. The molecular weight excluding hydrogens is 220 g/mol. The van der Waals surface area contributed by atoms with Crippen LogP contribution in [0.25, 0.3) is 6.08 Å². The summed E-state index contributed by atoms with van der Waals surface area (Å²) >= 11 is 1.46. The maximum absolute atomic E-state index is 11.4. The summed E-state index contributed by atoms with van der Waals surface area (Å²) in [6.07, 6.45) is 8.37. The molecule has 1 heterocycles. The van der Waals surface area contributed by atoms with Crippen molar-refractivity contribution in [3.63, 3.8) is 0 Å². The van der Waals surface area contributed by atoms with E-state index >= 15 is 0 Å². The van der Waals surface area contributed by atoms with E-state index in [9.17, 15) is 4.79 Å². The molecule has 0 aliphatic rings. The number of carbonyl (C=O) groups is 1. The number of hydrogen-bond acceptors (Lipinski definition) is 3. The second-order valence-corrected chi connectivity index (χ2v) is 5.33. The van der Waals surface area contributed by atoms with Crippen molar-refractivity contribution in [3.8, 4) is 12.3 Å². The van der Waals surface area contributed by atoms with Gasteiger partial charge in [-0.3, -0.25) is 0 Å². The summed E-state index contributed by atoms with van der Waals surface area (Å²) in [6, 6.07) is 3.72. The van der Waals surface area contributed by atoms with Crippen LogP contribution in [0.15, 0.2) is 18.2 Å². The Morgan fingerprint density at radius 1 is 1.50 bits per heavy atom. The van der Waals surface area contributed by atoms with Crippen LogP contribution in [-0.2, 0) is 9.53 Å². The Bertz CT molecular complexity index is 441. The topological polar surface area (TPSA) is 26.3 Å². The van der Waals surface area contributed by atoms with Gasteiger partial charge in [-0.1, -0.05) is 5.92 Å². The molecule has 0 saturated carbocycles. The molecule has 0 aliphatic carbocycles. The van der Waals surface area contributed by atoms with Crippen LogP contribution in [0.5, 0.6) is 0 Å². The molecule has 0 atom stereocenters. The van der Waals surface area contributed by atoms with Gasteiger partial charge in [-0.25, -0.2) is 4.79 Å². The van der Waals surface area contributed by atoms with E-state index in [0.717, 1.165) is 9.75 Å². The molecule has 2 nitrogen and oxygen atoms in total. The molecule has 84 valence electrons. The molecule has 0 aromatic carbocycles. The summed E-state index contributed by atoms with van der Waals surface area (Å²) in [4.78, 5) is 13.2. The van der Waals surface area contributed by atoms with Gasteiger partial charge < -0.3 is 4.74 Å². The van der Waals surface area contributed by atoms with Gasteiger partial charge >= 0.3 is 5.97 Å². The molecule has 0 unspecified atom stereocenters. The zero-order valence-electron chi connectivity index (χ0n) is 9.61. The maximum Gasteiger partial charge on any atom is 0.331 e. The molecule has 1 rings (SSSR count). The Kier molecular flexibility index (Phi) is 3.92. The Morgan fingerprint density at radius 3 is 2.69 bits per heavy atom. The SMILES string of the molecule is C#Cc1ccc(/C=C/C(=O)OC(C)(C)C)s1. The van der Waals surface area contributed by atoms with Gasteiger partial charge in [0, 0.05) is 11.0 Å². The van der Waals surface area contributed by atoms with Crippen molar-refractivity contribution in [1.29, 1.82) is 0 Å². The lowest BCUT2D eigenvalue weighted by atomic mass is 10.2. The molecule has 0 spiro atoms. The van der Waals surface area contributed by atoms with Crippen LogP contribution < -0.4 is 0 Å². The minimum absolute atomic E-state index is 0.344. The third kappa shape index (κ3) is 4.33. The first-order chi connectivity index (χ1) is 7.40. The molecular formula is C13H14O2S. The fraction of sp³-hybridized carbons (Fsp3) is 0.308. The van der Waals surface area contributed by atoms with Crippen LogP contribution in [0.1, 0.15) is 30.5 Å². The first kappa shape index (κ1) is 12.5. The Hall–Kier alpha value is -1.53. The summed E-state index contributed by atoms with van der Waals surface area (Å²) in [5, 5.41) is 0. The summed E-state index contributed by atoms with van der Waals surface area (Å²) < 4.78 is 5.13. The highest BCUT2D eigenvalue weighted by molar-refractivity contribution is 7.13. The Balaban J connectivity index is 2.61. The summed E-state index contributed by atoms with van der Waals surface area (Å²) in [7, 11) is 0. The largest absolute Gasteiger partial charge is 0.457 e. The average molecular weight is 234 g/mol. The summed E-state index contributed by atoms with van der Waals surface area (Å²) in [5.41, 5.74) is -0.457. The molecule has 0 amide bonds. The Labute approximate surface area is 99.9 Å². The highest BCUT2D eigenvalue weighted by Gasteiger charge is 2.13. The van der Waals surface area contributed by atoms with Crippen LogP contribution in [0.3, 0.4) is 0 Å². The lowest BCUT2D eigenvalue weighted by Gasteiger charge is -2.17. The highest BCUT2D eigenvalue weighted by atomic mass is 32.1. The van der Waals surface area contributed by atoms with E-state index in [-0.39, 0.29) is 5.97 Å². The molecule has 0 saturated heterocycles. The van der Waals surface area contributed by atoms with Gasteiger partial charge in [-0.15, -0.1) is 17.8 Å². The van der Waals surface area contributed by atoms with Gasteiger partial charge in [0.05, 0.1) is 4.88 Å². The van der Waals surface area contributed by atoms with Crippen molar-refractivity contribution in [3.05, 3.63) is 28.0 Å². The minimum Gasteiger partial charge on any atom is -0.457 e. The number of thiophene rings is 1. The number of hydrogen-bond donors (Lipinski definition) is 0. The second kappa shape index (κ2) is 5.00. The lowest BCUT2D eigenvalue weighted by molar-refractivity contribution is -0.148. The quantitative estimate of drug-likeness (QED) is 0.446. The van der Waals surface area contributed by atoms with E-state index in [1.807, 2.05) is 32.9 Å². The second-order valence-electron chi connectivity index (χ2n) is 4.21. The predicted octanol–water partition coefficient (Wildman–Crippen LogP) is 3.08. The lowest BCUT2D eigenvalue weighted by Crippen LogP contribution is -2.22. The van der Waals surface area contributed by atoms with Crippen LogP contribution in [-0.4, -0.2) is 11.6 Å². The third-order valence-corrected chi connectivity index (χ3v) is 2.54. The van der Waals surface area contributed by atoms with Crippen molar-refractivity contribution in [2.75, 3.05) is 0 Å². The van der Waals surface area contributed by atoms with E-state index < -0.39 is 5.60 Å². The monoisotopic (exact) mass is 234 g/mol. The fourth-order valence-electron chi connectivity index (χ4n) is 1.01. The molecule has 3 heteroatoms. The number of esters is 1. The van der Waals surface area contributed by atoms with Crippen molar-refractivity contribution >= 4 is 23.4 Å². The van der Waals surface area contributed by atoms with E-state index in [4.69, 9.17) is 11.2 Å². The van der Waals surface area contributed by atoms with Crippen LogP contribution in [0.4, 0.5) is 0 Å². The molecule has 1 aromatic rings. The van der Waals surface area contributed by atoms with Crippen molar-refractivity contribution < 1.29 is 9.53 Å². The minimum atomic E-state index is -0.457. The smallest absolute Gasteiger partial charge is 0.331 e. The number of terminal acetylenes is 1. The molecule has 16 heavy (non-hydrogen) atoms. The molecule has 0 N–H and O–H groups in total. The third-order valence-electron chi connectivity index (χ3n) is 1.56. The molecule has 0 fully saturated rings.